The van der Waals surface area contributed by atoms with E-state index in [1.165, 1.54) is 11.8 Å². The van der Waals surface area contributed by atoms with Gasteiger partial charge >= 0.3 is 5.97 Å². The molecule has 0 spiro atoms. The summed E-state index contributed by atoms with van der Waals surface area (Å²) < 4.78 is 29.1. The van der Waals surface area contributed by atoms with Crippen molar-refractivity contribution in [3.8, 4) is 23.0 Å². The minimum atomic E-state index is -3.84. The van der Waals surface area contributed by atoms with Crippen molar-refractivity contribution in [2.24, 2.45) is 0 Å². The highest BCUT2D eigenvalue weighted by molar-refractivity contribution is 7.92. The van der Waals surface area contributed by atoms with Crippen molar-refractivity contribution in [3.63, 3.8) is 0 Å². The van der Waals surface area contributed by atoms with Crippen LogP contribution in [0.4, 0.5) is 5.69 Å². The second-order valence-electron chi connectivity index (χ2n) is 8.25. The highest BCUT2D eigenvalue weighted by atomic mass is 32.2. The van der Waals surface area contributed by atoms with E-state index >= 15 is 0 Å². The average Bonchev–Trinajstić information content (AvgIpc) is 3.21. The van der Waals surface area contributed by atoms with Gasteiger partial charge in [0.25, 0.3) is 10.0 Å². The first kappa shape index (κ1) is 22.4. The topological polar surface area (TPSA) is 96.4 Å². The first-order valence-corrected chi connectivity index (χ1v) is 12.4. The molecule has 6 nitrogen and oxygen atoms in total. The molecule has 35 heavy (non-hydrogen) atoms. The molecule has 0 radical (unpaired) electrons. The third kappa shape index (κ3) is 4.39. The van der Waals surface area contributed by atoms with Gasteiger partial charge in [0.2, 0.25) is 0 Å². The minimum Gasteiger partial charge on any atom is -0.477 e. The zero-order valence-corrected chi connectivity index (χ0v) is 19.6. The van der Waals surface area contributed by atoms with Crippen LogP contribution in [-0.4, -0.2) is 24.5 Å². The number of anilines is 1. The predicted molar refractivity (Wildman–Crippen MR) is 134 cm³/mol. The highest BCUT2D eigenvalue weighted by Crippen LogP contribution is 2.37. The number of carboxylic acids is 1. The third-order valence-corrected chi connectivity index (χ3v) is 7.23. The maximum atomic E-state index is 13.2. The minimum absolute atomic E-state index is 0.0267. The summed E-state index contributed by atoms with van der Waals surface area (Å²) in [5.74, 6) is 4.81. The Balaban J connectivity index is 1.42. The lowest BCUT2D eigenvalue weighted by Crippen LogP contribution is -2.14. The number of sulfonamides is 1. The fourth-order valence-corrected chi connectivity index (χ4v) is 5.31. The number of benzene rings is 3. The zero-order valence-electron chi connectivity index (χ0n) is 18.7. The molecule has 0 saturated heterocycles. The molecule has 0 atom stereocenters. The number of nitrogens with one attached hydrogen (secondary N) is 1. The van der Waals surface area contributed by atoms with Gasteiger partial charge in [-0.1, -0.05) is 54.3 Å². The molecule has 5 rings (SSSR count). The molecule has 0 aliphatic heterocycles. The quantitative estimate of drug-likeness (QED) is 0.358. The molecule has 172 valence electrons. The number of rotatable bonds is 4. The lowest BCUT2D eigenvalue weighted by Gasteiger charge is -2.11. The molecule has 1 heterocycles. The Bertz CT molecular complexity index is 1660. The number of aromatic carboxylic acids is 1. The largest absolute Gasteiger partial charge is 0.477 e. The summed E-state index contributed by atoms with van der Waals surface area (Å²) in [6, 6.07) is 21.8. The van der Waals surface area contributed by atoms with Gasteiger partial charge in [0.1, 0.15) is 0 Å². The van der Waals surface area contributed by atoms with Crippen LogP contribution in [0.3, 0.4) is 0 Å². The second kappa shape index (κ2) is 8.75. The molecule has 0 saturated carbocycles. The van der Waals surface area contributed by atoms with Gasteiger partial charge in [0.15, 0.2) is 5.69 Å². The van der Waals surface area contributed by atoms with Crippen molar-refractivity contribution in [1.29, 1.82) is 0 Å². The number of aromatic nitrogens is 1. The Morgan fingerprint density at radius 1 is 0.943 bits per heavy atom. The first-order chi connectivity index (χ1) is 16.8. The molecule has 7 heteroatoms. The maximum absolute atomic E-state index is 13.2. The van der Waals surface area contributed by atoms with Crippen LogP contribution in [0.25, 0.3) is 11.1 Å². The van der Waals surface area contributed by atoms with Crippen LogP contribution >= 0.6 is 0 Å². The van der Waals surface area contributed by atoms with E-state index in [-0.39, 0.29) is 10.6 Å². The van der Waals surface area contributed by atoms with E-state index in [1.807, 2.05) is 18.2 Å². The fourth-order valence-electron chi connectivity index (χ4n) is 4.18. The second-order valence-corrected chi connectivity index (χ2v) is 9.93. The summed E-state index contributed by atoms with van der Waals surface area (Å²) in [7, 11) is -3.84. The average molecular weight is 481 g/mol. The van der Waals surface area contributed by atoms with Crippen molar-refractivity contribution in [1.82, 2.24) is 4.98 Å². The van der Waals surface area contributed by atoms with Gasteiger partial charge in [-0.15, -0.1) is 0 Å². The standard InChI is InChI=1S/C28H20N2O4S/c1-18-14-19(17-29-27(18)28(31)32)10-11-20-6-3-5-9-26(20)30-35(33,34)23-12-13-25-22(16-23)15-21-7-2-4-8-24(21)25/h2-9,12-14,16-17,30H,15H2,1H3,(H,31,32). The van der Waals surface area contributed by atoms with Gasteiger partial charge in [-0.2, -0.15) is 0 Å². The predicted octanol–water partition coefficient (Wildman–Crippen LogP) is 4.86. The lowest BCUT2D eigenvalue weighted by molar-refractivity contribution is 0.0689. The van der Waals surface area contributed by atoms with Crippen LogP contribution in [0.2, 0.25) is 0 Å². The van der Waals surface area contributed by atoms with Crippen LogP contribution in [0, 0.1) is 18.8 Å². The van der Waals surface area contributed by atoms with E-state index < -0.39 is 16.0 Å². The molecule has 0 fully saturated rings. The molecule has 1 aliphatic carbocycles. The molecule has 1 aromatic heterocycles. The molecule has 3 aromatic carbocycles. The SMILES string of the molecule is Cc1cc(C#Cc2ccccc2NS(=O)(=O)c2ccc3c(c2)Cc2ccccc2-3)cnc1C(=O)O. The Morgan fingerprint density at radius 3 is 2.49 bits per heavy atom. The molecule has 0 bridgehead atoms. The number of nitrogens with zero attached hydrogens (tertiary/aromatic N) is 1. The number of pyridine rings is 1. The van der Waals surface area contributed by atoms with Crippen molar-refractivity contribution in [2.75, 3.05) is 4.72 Å². The van der Waals surface area contributed by atoms with E-state index in [1.54, 1.807) is 49.4 Å². The number of para-hydroxylation sites is 1. The van der Waals surface area contributed by atoms with E-state index in [0.717, 1.165) is 16.7 Å². The summed E-state index contributed by atoms with van der Waals surface area (Å²) in [5.41, 5.74) is 6.22. The van der Waals surface area contributed by atoms with Gasteiger partial charge < -0.3 is 5.11 Å². The molecular formula is C28H20N2O4S. The van der Waals surface area contributed by atoms with Crippen LogP contribution < -0.4 is 4.72 Å². The van der Waals surface area contributed by atoms with Crippen LogP contribution in [0.15, 0.2) is 83.9 Å². The number of hydrogen-bond acceptors (Lipinski definition) is 4. The van der Waals surface area contributed by atoms with Crippen LogP contribution in [-0.2, 0) is 16.4 Å². The van der Waals surface area contributed by atoms with Crippen LogP contribution in [0.1, 0.15) is 38.3 Å². The number of fused-ring (bicyclic) bond motifs is 3. The van der Waals surface area contributed by atoms with Gasteiger partial charge in [0.05, 0.1) is 10.6 Å². The van der Waals surface area contributed by atoms with Gasteiger partial charge in [-0.3, -0.25) is 4.72 Å². The van der Waals surface area contributed by atoms with Crippen molar-refractivity contribution in [2.45, 2.75) is 18.2 Å². The summed E-state index contributed by atoms with van der Waals surface area (Å²) in [6.45, 7) is 1.65. The number of hydrogen-bond donors (Lipinski definition) is 2. The zero-order chi connectivity index (χ0) is 24.6. The van der Waals surface area contributed by atoms with E-state index in [9.17, 15) is 13.2 Å². The molecule has 0 amide bonds. The molecule has 2 N–H and O–H groups in total. The summed E-state index contributed by atoms with van der Waals surface area (Å²) >= 11 is 0. The Labute approximate surface area is 203 Å². The monoisotopic (exact) mass is 480 g/mol. The van der Waals surface area contributed by atoms with Crippen molar-refractivity contribution >= 4 is 21.7 Å². The van der Waals surface area contributed by atoms with Crippen LogP contribution in [0.5, 0.6) is 0 Å². The number of carboxylic acid groups (broad SMARTS) is 1. The summed E-state index contributed by atoms with van der Waals surface area (Å²) in [4.78, 5) is 15.3. The number of aryl methyl sites for hydroxylation is 1. The maximum Gasteiger partial charge on any atom is 0.354 e. The van der Waals surface area contributed by atoms with E-state index in [0.29, 0.717) is 28.8 Å². The normalized spacial score (nSPS) is 11.7. The summed E-state index contributed by atoms with van der Waals surface area (Å²) in [6.07, 6.45) is 2.09. The molecular weight excluding hydrogens is 460 g/mol. The van der Waals surface area contributed by atoms with Gasteiger partial charge in [-0.05, 0) is 71.5 Å². The van der Waals surface area contributed by atoms with Crippen molar-refractivity contribution in [3.05, 3.63) is 113 Å². The summed E-state index contributed by atoms with van der Waals surface area (Å²) in [5, 5.41) is 9.14. The third-order valence-electron chi connectivity index (χ3n) is 5.87. The van der Waals surface area contributed by atoms with Gasteiger partial charge in [0, 0.05) is 17.3 Å². The van der Waals surface area contributed by atoms with E-state index in [2.05, 4.69) is 33.7 Å². The smallest absolute Gasteiger partial charge is 0.354 e. The lowest BCUT2D eigenvalue weighted by atomic mass is 10.1. The fraction of sp³-hybridized carbons (Fsp3) is 0.0714. The molecule has 4 aromatic rings. The van der Waals surface area contributed by atoms with Gasteiger partial charge in [-0.25, -0.2) is 18.2 Å². The van der Waals surface area contributed by atoms with E-state index in [4.69, 9.17) is 5.11 Å². The Kier molecular flexibility index (Phi) is 5.59. The highest BCUT2D eigenvalue weighted by Gasteiger charge is 2.22. The number of carbonyl (C=O) groups is 1. The molecule has 0 unspecified atom stereocenters. The Morgan fingerprint density at radius 2 is 1.69 bits per heavy atom. The van der Waals surface area contributed by atoms with Crippen molar-refractivity contribution < 1.29 is 18.3 Å². The first-order valence-electron chi connectivity index (χ1n) is 10.9. The Hall–Kier alpha value is -4.41. The molecule has 1 aliphatic rings.